The molecule has 0 aliphatic heterocycles. The lowest BCUT2D eigenvalue weighted by Crippen LogP contribution is -2.31. The molecular weight excluding hydrogens is 403 g/mol. The molecule has 0 heterocycles. The van der Waals surface area contributed by atoms with Crippen molar-refractivity contribution in [1.29, 1.82) is 0 Å². The summed E-state index contributed by atoms with van der Waals surface area (Å²) in [4.78, 5) is 12.7. The Morgan fingerprint density at radius 2 is 1.73 bits per heavy atom. The summed E-state index contributed by atoms with van der Waals surface area (Å²) >= 11 is 0. The third-order valence-corrected chi connectivity index (χ3v) is 6.56. The molecule has 1 atom stereocenters. The molecule has 30 heavy (non-hydrogen) atoms. The molecule has 0 spiro atoms. The second-order valence-electron chi connectivity index (χ2n) is 7.23. The van der Waals surface area contributed by atoms with Gasteiger partial charge in [0.15, 0.2) is 0 Å². The number of rotatable bonds is 5. The minimum Gasteiger partial charge on any atom is -0.345 e. The minimum absolute atomic E-state index is 0.109. The Morgan fingerprint density at radius 3 is 2.57 bits per heavy atom. The number of fused-ring (bicyclic) bond motifs is 1. The Bertz CT molecular complexity index is 1190. The van der Waals surface area contributed by atoms with Gasteiger partial charge >= 0.3 is 0 Å². The Labute approximate surface area is 175 Å². The molecule has 4 rings (SSSR count). The number of sulfonamides is 1. The van der Waals surface area contributed by atoms with Gasteiger partial charge in [-0.25, -0.2) is 12.8 Å². The molecule has 3 aromatic rings. The first-order chi connectivity index (χ1) is 14.4. The van der Waals surface area contributed by atoms with Crippen LogP contribution in [0.5, 0.6) is 0 Å². The highest BCUT2D eigenvalue weighted by atomic mass is 32.2. The maximum Gasteiger partial charge on any atom is 0.262 e. The van der Waals surface area contributed by atoms with E-state index in [0.717, 1.165) is 24.8 Å². The molecule has 3 aromatic carbocycles. The Hall–Kier alpha value is -3.19. The van der Waals surface area contributed by atoms with Gasteiger partial charge in [-0.3, -0.25) is 9.52 Å². The van der Waals surface area contributed by atoms with Crippen molar-refractivity contribution in [3.8, 4) is 0 Å². The maximum atomic E-state index is 13.8. The minimum atomic E-state index is -4.04. The normalized spacial score (nSPS) is 15.8. The number of hydrogen-bond donors (Lipinski definition) is 2. The number of aryl methyl sites for hydroxylation is 1. The third-order valence-electron chi connectivity index (χ3n) is 5.20. The van der Waals surface area contributed by atoms with Gasteiger partial charge in [0, 0.05) is 5.56 Å². The molecule has 0 saturated heterocycles. The molecule has 1 aliphatic carbocycles. The molecular formula is C23H21FN2O3S. The van der Waals surface area contributed by atoms with Crippen molar-refractivity contribution in [2.45, 2.75) is 30.2 Å². The number of para-hydroxylation sites is 1. The molecule has 1 amide bonds. The summed E-state index contributed by atoms with van der Waals surface area (Å²) in [6.07, 6.45) is 2.79. The lowest BCUT2D eigenvalue weighted by Gasteiger charge is -2.26. The van der Waals surface area contributed by atoms with Crippen molar-refractivity contribution in [3.63, 3.8) is 0 Å². The van der Waals surface area contributed by atoms with Gasteiger partial charge in [-0.05, 0) is 60.7 Å². The second kappa shape index (κ2) is 8.28. The van der Waals surface area contributed by atoms with E-state index in [9.17, 15) is 17.6 Å². The summed E-state index contributed by atoms with van der Waals surface area (Å²) in [6.45, 7) is 0. The number of amides is 1. The summed E-state index contributed by atoms with van der Waals surface area (Å²) in [5.74, 6) is -1.02. The van der Waals surface area contributed by atoms with Crippen LogP contribution in [0, 0.1) is 5.82 Å². The molecule has 5 nitrogen and oxygen atoms in total. The van der Waals surface area contributed by atoms with E-state index in [1.807, 2.05) is 18.2 Å². The van der Waals surface area contributed by atoms with Crippen LogP contribution in [0.25, 0.3) is 0 Å². The topological polar surface area (TPSA) is 75.3 Å². The van der Waals surface area contributed by atoms with Crippen molar-refractivity contribution >= 4 is 21.6 Å². The lowest BCUT2D eigenvalue weighted by molar-refractivity contribution is 0.0932. The van der Waals surface area contributed by atoms with Crippen LogP contribution in [-0.4, -0.2) is 14.3 Å². The fourth-order valence-electron chi connectivity index (χ4n) is 3.70. The largest absolute Gasteiger partial charge is 0.345 e. The van der Waals surface area contributed by atoms with Crippen molar-refractivity contribution < 1.29 is 17.6 Å². The van der Waals surface area contributed by atoms with Crippen LogP contribution < -0.4 is 10.0 Å². The average Bonchev–Trinajstić information content (AvgIpc) is 2.75. The van der Waals surface area contributed by atoms with Crippen LogP contribution in [0.3, 0.4) is 0 Å². The zero-order chi connectivity index (χ0) is 21.1. The van der Waals surface area contributed by atoms with Crippen molar-refractivity contribution in [2.75, 3.05) is 4.72 Å². The van der Waals surface area contributed by atoms with Gasteiger partial charge in [-0.1, -0.05) is 42.5 Å². The highest BCUT2D eigenvalue weighted by Crippen LogP contribution is 2.30. The molecule has 0 aromatic heterocycles. The van der Waals surface area contributed by atoms with Crippen LogP contribution in [0.4, 0.5) is 10.1 Å². The van der Waals surface area contributed by atoms with Gasteiger partial charge in [0.05, 0.1) is 16.6 Å². The van der Waals surface area contributed by atoms with Crippen LogP contribution >= 0.6 is 0 Å². The Balaban J connectivity index is 1.55. The van der Waals surface area contributed by atoms with Crippen LogP contribution in [0.15, 0.2) is 77.7 Å². The smallest absolute Gasteiger partial charge is 0.262 e. The van der Waals surface area contributed by atoms with Crippen LogP contribution in [0.2, 0.25) is 0 Å². The van der Waals surface area contributed by atoms with E-state index in [2.05, 4.69) is 16.1 Å². The summed E-state index contributed by atoms with van der Waals surface area (Å²) in [5, 5.41) is 3.01. The Morgan fingerprint density at radius 1 is 0.967 bits per heavy atom. The number of halogens is 1. The van der Waals surface area contributed by atoms with Gasteiger partial charge in [0.25, 0.3) is 15.9 Å². The predicted molar refractivity (Wildman–Crippen MR) is 113 cm³/mol. The molecule has 1 aliphatic rings. The number of anilines is 1. The molecule has 7 heteroatoms. The molecule has 0 bridgehead atoms. The summed E-state index contributed by atoms with van der Waals surface area (Å²) in [5.41, 5.74) is 2.40. The van der Waals surface area contributed by atoms with E-state index in [1.54, 1.807) is 6.07 Å². The molecule has 0 radical (unpaired) electrons. The van der Waals surface area contributed by atoms with Crippen LogP contribution in [0.1, 0.15) is 40.4 Å². The first kappa shape index (κ1) is 20.1. The number of carbonyl (C=O) groups is 1. The van der Waals surface area contributed by atoms with E-state index >= 15 is 0 Å². The fraction of sp³-hybridized carbons (Fsp3) is 0.174. The maximum absolute atomic E-state index is 13.8. The number of hydrogen-bond acceptors (Lipinski definition) is 3. The van der Waals surface area contributed by atoms with Crippen molar-refractivity contribution in [2.24, 2.45) is 0 Å². The van der Waals surface area contributed by atoms with Gasteiger partial charge in [-0.15, -0.1) is 0 Å². The molecule has 0 fully saturated rings. The molecule has 1 unspecified atom stereocenters. The predicted octanol–water partition coefficient (Wildman–Crippen LogP) is 4.43. The van der Waals surface area contributed by atoms with Crippen molar-refractivity contribution in [3.05, 3.63) is 95.3 Å². The standard InChI is InChI=1S/C23H21FN2O3S/c24-20-12-3-4-13-22(20)26-30(28,29)18-10-5-9-17(15-18)23(27)25-21-14-6-8-16-7-1-2-11-19(16)21/h1-5,7,9-13,15,21,26H,6,8,14H2,(H,25,27). The van der Waals surface area contributed by atoms with E-state index in [-0.39, 0.29) is 28.1 Å². The van der Waals surface area contributed by atoms with Gasteiger partial charge in [0.1, 0.15) is 5.82 Å². The second-order valence-corrected chi connectivity index (χ2v) is 8.91. The monoisotopic (exact) mass is 424 g/mol. The zero-order valence-electron chi connectivity index (χ0n) is 16.1. The number of carbonyl (C=O) groups excluding carboxylic acids is 1. The highest BCUT2D eigenvalue weighted by Gasteiger charge is 2.23. The highest BCUT2D eigenvalue weighted by molar-refractivity contribution is 7.92. The van der Waals surface area contributed by atoms with E-state index in [0.29, 0.717) is 0 Å². The van der Waals surface area contributed by atoms with E-state index in [1.165, 1.54) is 48.0 Å². The molecule has 0 saturated carbocycles. The zero-order valence-corrected chi connectivity index (χ0v) is 17.0. The van der Waals surface area contributed by atoms with E-state index < -0.39 is 15.8 Å². The number of benzene rings is 3. The summed E-state index contributed by atoms with van der Waals surface area (Å²) in [6, 6.07) is 19.1. The van der Waals surface area contributed by atoms with E-state index in [4.69, 9.17) is 0 Å². The molecule has 2 N–H and O–H groups in total. The van der Waals surface area contributed by atoms with Crippen molar-refractivity contribution in [1.82, 2.24) is 5.32 Å². The first-order valence-corrected chi connectivity index (χ1v) is 11.2. The number of nitrogens with one attached hydrogen (secondary N) is 2. The van der Waals surface area contributed by atoms with Crippen LogP contribution in [-0.2, 0) is 16.4 Å². The van der Waals surface area contributed by atoms with Gasteiger partial charge in [-0.2, -0.15) is 0 Å². The summed E-state index contributed by atoms with van der Waals surface area (Å²) in [7, 11) is -4.04. The molecule has 154 valence electrons. The fourth-order valence-corrected chi connectivity index (χ4v) is 4.81. The van der Waals surface area contributed by atoms with Gasteiger partial charge in [0.2, 0.25) is 0 Å². The Kier molecular flexibility index (Phi) is 5.55. The third kappa shape index (κ3) is 4.21. The quantitative estimate of drug-likeness (QED) is 0.636. The summed E-state index contributed by atoms with van der Waals surface area (Å²) < 4.78 is 41.4. The van der Waals surface area contributed by atoms with Gasteiger partial charge < -0.3 is 5.32 Å². The SMILES string of the molecule is O=C(NC1CCCc2ccccc21)c1cccc(S(=O)(=O)Nc2ccccc2F)c1. The average molecular weight is 424 g/mol. The first-order valence-electron chi connectivity index (χ1n) is 9.70. The lowest BCUT2D eigenvalue weighted by atomic mass is 9.87.